The molecule has 5 heteroatoms. The van der Waals surface area contributed by atoms with E-state index in [1.54, 1.807) is 0 Å². The van der Waals surface area contributed by atoms with E-state index in [1.807, 2.05) is 23.8 Å². The molecule has 0 aromatic rings. The van der Waals surface area contributed by atoms with Gasteiger partial charge in [0.15, 0.2) is 0 Å². The lowest BCUT2D eigenvalue weighted by molar-refractivity contribution is -0.0426. The lowest BCUT2D eigenvalue weighted by Gasteiger charge is -2.42. The fourth-order valence-electron chi connectivity index (χ4n) is 5.53. The van der Waals surface area contributed by atoms with Gasteiger partial charge in [-0.3, -0.25) is 4.90 Å². The van der Waals surface area contributed by atoms with E-state index in [0.717, 1.165) is 38.6 Å². The number of hydrogen-bond donors (Lipinski definition) is 0. The summed E-state index contributed by atoms with van der Waals surface area (Å²) in [5.41, 5.74) is 2.36. The van der Waals surface area contributed by atoms with Crippen LogP contribution < -0.4 is 0 Å². The van der Waals surface area contributed by atoms with Gasteiger partial charge < -0.3 is 14.5 Å². The molecule has 25 heavy (non-hydrogen) atoms. The van der Waals surface area contributed by atoms with Gasteiger partial charge in [-0.15, -0.1) is 0 Å². The Balaban J connectivity index is 1.63. The minimum atomic E-state index is -0.497. The molecule has 2 saturated heterocycles. The van der Waals surface area contributed by atoms with Crippen LogP contribution >= 0.6 is 0 Å². The van der Waals surface area contributed by atoms with Gasteiger partial charge in [0.1, 0.15) is 5.76 Å². The van der Waals surface area contributed by atoms with E-state index in [4.69, 9.17) is 4.74 Å². The van der Waals surface area contributed by atoms with E-state index < -0.39 is 5.72 Å². The third kappa shape index (κ3) is 1.87. The summed E-state index contributed by atoms with van der Waals surface area (Å²) in [5, 5.41) is 0. The van der Waals surface area contributed by atoms with Crippen molar-refractivity contribution in [3.05, 3.63) is 35.5 Å². The van der Waals surface area contributed by atoms with E-state index in [1.165, 1.54) is 29.9 Å². The third-order valence-corrected chi connectivity index (χ3v) is 6.89. The highest BCUT2D eigenvalue weighted by molar-refractivity contribution is 5.77. The van der Waals surface area contributed by atoms with Gasteiger partial charge in [-0.25, -0.2) is 4.79 Å². The van der Waals surface area contributed by atoms with Crippen molar-refractivity contribution in [1.82, 2.24) is 14.7 Å². The van der Waals surface area contributed by atoms with Crippen molar-refractivity contribution < 1.29 is 9.53 Å². The number of likely N-dealkylation sites (N-methyl/N-ethyl adjacent to an activating group) is 2. The van der Waals surface area contributed by atoms with Gasteiger partial charge in [0, 0.05) is 32.4 Å². The number of nitrogens with zero attached hydrogens (tertiary/aromatic N) is 3. The van der Waals surface area contributed by atoms with Crippen molar-refractivity contribution in [2.75, 3.05) is 20.1 Å². The average molecular weight is 341 g/mol. The second-order valence-corrected chi connectivity index (χ2v) is 8.13. The van der Waals surface area contributed by atoms with Crippen LogP contribution in [0.25, 0.3) is 0 Å². The SMILES string of the molecule is CCN1CC2(CC34CCCCC3=CN3C=CCCC3=C4O2)N(C)C1=O. The highest BCUT2D eigenvalue weighted by atomic mass is 16.5. The van der Waals surface area contributed by atoms with Gasteiger partial charge in [-0.2, -0.15) is 0 Å². The number of ether oxygens (including phenoxy) is 1. The van der Waals surface area contributed by atoms with Crippen LogP contribution in [0, 0.1) is 5.41 Å². The third-order valence-electron chi connectivity index (χ3n) is 6.89. The normalized spacial score (nSPS) is 36.5. The smallest absolute Gasteiger partial charge is 0.323 e. The summed E-state index contributed by atoms with van der Waals surface area (Å²) in [5.74, 6) is 1.17. The Kier molecular flexibility index (Phi) is 3.10. The van der Waals surface area contributed by atoms with Crippen molar-refractivity contribution in [2.45, 2.75) is 57.6 Å². The molecule has 2 atom stereocenters. The van der Waals surface area contributed by atoms with Crippen molar-refractivity contribution >= 4 is 6.03 Å². The average Bonchev–Trinajstić information content (AvgIpc) is 3.09. The highest BCUT2D eigenvalue weighted by Gasteiger charge is 2.64. The van der Waals surface area contributed by atoms with Gasteiger partial charge in [-0.1, -0.05) is 12.5 Å². The second-order valence-electron chi connectivity index (χ2n) is 8.13. The van der Waals surface area contributed by atoms with Gasteiger partial charge in [0.25, 0.3) is 0 Å². The predicted octanol–water partition coefficient (Wildman–Crippen LogP) is 3.77. The fraction of sp³-hybridized carbons (Fsp3) is 0.650. The van der Waals surface area contributed by atoms with E-state index in [-0.39, 0.29) is 11.4 Å². The number of hydrogen-bond acceptors (Lipinski definition) is 3. The lowest BCUT2D eigenvalue weighted by atomic mass is 9.65. The number of allylic oxidation sites excluding steroid dienone is 3. The Hall–Kier alpha value is -1.91. The van der Waals surface area contributed by atoms with Crippen molar-refractivity contribution in [3.63, 3.8) is 0 Å². The monoisotopic (exact) mass is 341 g/mol. The molecule has 0 N–H and O–H groups in total. The number of urea groups is 1. The minimum Gasteiger partial charge on any atom is -0.467 e. The fourth-order valence-corrected chi connectivity index (χ4v) is 5.53. The summed E-state index contributed by atoms with van der Waals surface area (Å²) >= 11 is 0. The summed E-state index contributed by atoms with van der Waals surface area (Å²) in [6, 6.07) is 0.102. The van der Waals surface area contributed by atoms with E-state index in [2.05, 4.69) is 23.4 Å². The van der Waals surface area contributed by atoms with Crippen LogP contribution in [0.2, 0.25) is 0 Å². The van der Waals surface area contributed by atoms with E-state index in [9.17, 15) is 4.79 Å². The van der Waals surface area contributed by atoms with Crippen LogP contribution in [0.3, 0.4) is 0 Å². The molecule has 4 heterocycles. The zero-order valence-corrected chi connectivity index (χ0v) is 15.3. The molecule has 5 rings (SSSR count). The van der Waals surface area contributed by atoms with E-state index in [0.29, 0.717) is 6.54 Å². The maximum absolute atomic E-state index is 12.7. The molecule has 4 aliphatic heterocycles. The number of fused-ring (bicyclic) bond motifs is 1. The Labute approximate surface area is 149 Å². The maximum atomic E-state index is 12.7. The van der Waals surface area contributed by atoms with Gasteiger partial charge in [0.05, 0.1) is 17.7 Å². The molecule has 5 aliphatic rings. The van der Waals surface area contributed by atoms with Crippen molar-refractivity contribution in [2.24, 2.45) is 5.41 Å². The molecule has 0 radical (unpaired) electrons. The molecule has 0 aromatic heterocycles. The van der Waals surface area contributed by atoms with Crippen LogP contribution in [-0.4, -0.2) is 46.6 Å². The Morgan fingerprint density at radius 1 is 1.28 bits per heavy atom. The van der Waals surface area contributed by atoms with Gasteiger partial charge in [0.2, 0.25) is 5.72 Å². The number of rotatable bonds is 1. The van der Waals surface area contributed by atoms with Crippen molar-refractivity contribution in [3.8, 4) is 0 Å². The van der Waals surface area contributed by atoms with Crippen LogP contribution in [0.15, 0.2) is 35.5 Å². The molecule has 0 bridgehead atoms. The van der Waals surface area contributed by atoms with Gasteiger partial charge >= 0.3 is 6.03 Å². The summed E-state index contributed by atoms with van der Waals surface area (Å²) in [6.07, 6.45) is 14.6. The largest absolute Gasteiger partial charge is 0.467 e. The molecule has 3 fully saturated rings. The standard InChI is InChI=1S/C20H27N3O2/c1-3-22-14-20(21(2)18(22)24)13-19-10-6-4-8-15(19)12-23-11-7-5-9-16(23)17(19)25-20/h7,11-12H,3-6,8-10,13-14H2,1-2H3. The minimum absolute atomic E-state index is 0.0214. The first-order chi connectivity index (χ1) is 12.1. The van der Waals surface area contributed by atoms with Crippen molar-refractivity contribution in [1.29, 1.82) is 0 Å². The molecule has 134 valence electrons. The molecule has 2 amide bonds. The van der Waals surface area contributed by atoms with Crippen LogP contribution in [0.4, 0.5) is 4.79 Å². The lowest BCUT2D eigenvalue weighted by Crippen LogP contribution is -2.45. The zero-order valence-electron chi connectivity index (χ0n) is 15.3. The second kappa shape index (κ2) is 5.05. The molecule has 0 aromatic carbocycles. The molecule has 1 aliphatic carbocycles. The molecule has 2 unspecified atom stereocenters. The molecular formula is C20H27N3O2. The summed E-state index contributed by atoms with van der Waals surface area (Å²) in [4.78, 5) is 18.7. The first-order valence-corrected chi connectivity index (χ1v) is 9.71. The molecule has 5 nitrogen and oxygen atoms in total. The predicted molar refractivity (Wildman–Crippen MR) is 95.1 cm³/mol. The number of carbonyl (C=O) groups excluding carboxylic acids is 1. The summed E-state index contributed by atoms with van der Waals surface area (Å²) < 4.78 is 6.78. The first-order valence-electron chi connectivity index (χ1n) is 9.71. The van der Waals surface area contributed by atoms with Crippen LogP contribution in [0.5, 0.6) is 0 Å². The summed E-state index contributed by atoms with van der Waals surface area (Å²) in [6.45, 7) is 3.47. The molecular weight excluding hydrogens is 314 g/mol. The Morgan fingerprint density at radius 2 is 2.16 bits per heavy atom. The van der Waals surface area contributed by atoms with Gasteiger partial charge in [-0.05, 0) is 44.6 Å². The summed E-state index contributed by atoms with van der Waals surface area (Å²) in [7, 11) is 1.92. The maximum Gasteiger partial charge on any atom is 0.323 e. The highest BCUT2D eigenvalue weighted by Crippen LogP contribution is 2.62. The van der Waals surface area contributed by atoms with Crippen LogP contribution in [0.1, 0.15) is 51.9 Å². The zero-order chi connectivity index (χ0) is 17.2. The molecule has 2 spiro atoms. The number of amides is 2. The van der Waals surface area contributed by atoms with Crippen LogP contribution in [-0.2, 0) is 4.74 Å². The first kappa shape index (κ1) is 15.4. The van der Waals surface area contributed by atoms with E-state index >= 15 is 0 Å². The molecule has 1 saturated carbocycles. The topological polar surface area (TPSA) is 36.0 Å². The Morgan fingerprint density at radius 3 is 2.96 bits per heavy atom. The quantitative estimate of drug-likeness (QED) is 0.728. The number of carbonyl (C=O) groups is 1. The Bertz CT molecular complexity index is 724.